The first kappa shape index (κ1) is 18.2. The van der Waals surface area contributed by atoms with Crippen LogP contribution in [0.15, 0.2) is 36.4 Å². The first-order valence-electron chi connectivity index (χ1n) is 7.27. The van der Waals surface area contributed by atoms with Crippen molar-refractivity contribution in [3.8, 4) is 0 Å². The molecule has 0 radical (unpaired) electrons. The average molecular weight is 399 g/mol. The van der Waals surface area contributed by atoms with Crippen molar-refractivity contribution in [3.05, 3.63) is 63.7 Å². The van der Waals surface area contributed by atoms with Gasteiger partial charge in [0.2, 0.25) is 5.91 Å². The zero-order valence-corrected chi connectivity index (χ0v) is 14.5. The number of nitrogens with one attached hydrogen (secondary N) is 2. The van der Waals surface area contributed by atoms with Crippen molar-refractivity contribution in [1.29, 1.82) is 0 Å². The lowest BCUT2D eigenvalue weighted by Gasteiger charge is -2.08. The Labute approximate surface area is 154 Å². The highest BCUT2D eigenvalue weighted by atomic mass is 35.5. The van der Waals surface area contributed by atoms with E-state index < -0.39 is 41.5 Å². The monoisotopic (exact) mass is 398 g/mol. The highest BCUT2D eigenvalue weighted by Crippen LogP contribution is 2.34. The smallest absolute Gasteiger partial charge is 0.263 e. The molecule has 4 nitrogen and oxygen atoms in total. The number of fused-ring (bicyclic) bond motifs is 1. The molecular weight excluding hydrogens is 389 g/mol. The van der Waals surface area contributed by atoms with Gasteiger partial charge in [-0.25, -0.2) is 13.2 Å². The number of amides is 2. The van der Waals surface area contributed by atoms with Crippen LogP contribution >= 0.6 is 22.9 Å². The number of carbonyl (C=O) groups is 2. The third-order valence-electron chi connectivity index (χ3n) is 3.46. The summed E-state index contributed by atoms with van der Waals surface area (Å²) in [6, 6.07) is 8.73. The van der Waals surface area contributed by atoms with Crippen LogP contribution in [0.1, 0.15) is 9.67 Å². The average Bonchev–Trinajstić information content (AvgIpc) is 2.97. The van der Waals surface area contributed by atoms with E-state index in [-0.39, 0.29) is 9.90 Å². The van der Waals surface area contributed by atoms with Gasteiger partial charge in [-0.1, -0.05) is 29.8 Å². The Hall–Kier alpha value is -2.58. The number of halogens is 4. The van der Waals surface area contributed by atoms with Gasteiger partial charge in [-0.3, -0.25) is 9.59 Å². The number of benzene rings is 2. The van der Waals surface area contributed by atoms with Gasteiger partial charge >= 0.3 is 0 Å². The van der Waals surface area contributed by atoms with E-state index in [1.165, 1.54) is 11.3 Å². The third-order valence-corrected chi connectivity index (χ3v) is 5.13. The molecule has 26 heavy (non-hydrogen) atoms. The number of rotatable bonds is 4. The Kier molecular flexibility index (Phi) is 5.15. The minimum Gasteiger partial charge on any atom is -0.342 e. The Morgan fingerprint density at radius 3 is 2.50 bits per heavy atom. The summed E-state index contributed by atoms with van der Waals surface area (Å²) >= 11 is 7.34. The minimum atomic E-state index is -1.69. The van der Waals surface area contributed by atoms with Gasteiger partial charge in [-0.05, 0) is 18.2 Å². The van der Waals surface area contributed by atoms with Crippen LogP contribution in [0.25, 0.3) is 10.1 Å². The van der Waals surface area contributed by atoms with E-state index in [0.29, 0.717) is 6.07 Å². The molecule has 2 amide bonds. The van der Waals surface area contributed by atoms with Crippen LogP contribution in [-0.2, 0) is 4.79 Å². The standard InChI is InChI=1S/C17H10ClF3N2O2S/c18-13-8-3-1-2-4-11(8)26-16(13)17(25)22-7-12(24)23-10-6-5-9(19)14(20)15(10)21/h1-6H,7H2,(H,22,25)(H,23,24). The van der Waals surface area contributed by atoms with E-state index in [2.05, 4.69) is 10.6 Å². The maximum Gasteiger partial charge on any atom is 0.263 e. The quantitative estimate of drug-likeness (QED) is 0.642. The second-order valence-electron chi connectivity index (χ2n) is 5.20. The molecule has 0 spiro atoms. The van der Waals surface area contributed by atoms with Crippen molar-refractivity contribution in [2.24, 2.45) is 0 Å². The van der Waals surface area contributed by atoms with Crippen LogP contribution in [0, 0.1) is 17.5 Å². The lowest BCUT2D eigenvalue weighted by atomic mass is 10.2. The molecule has 0 atom stereocenters. The fourth-order valence-electron chi connectivity index (χ4n) is 2.22. The Bertz CT molecular complexity index is 1020. The van der Waals surface area contributed by atoms with E-state index >= 15 is 0 Å². The highest BCUT2D eigenvalue weighted by Gasteiger charge is 2.19. The summed E-state index contributed by atoms with van der Waals surface area (Å²) in [5.41, 5.74) is -0.525. The molecule has 2 N–H and O–H groups in total. The second kappa shape index (κ2) is 7.35. The lowest BCUT2D eigenvalue weighted by Crippen LogP contribution is -2.32. The van der Waals surface area contributed by atoms with Crippen LogP contribution in [0.2, 0.25) is 5.02 Å². The summed E-state index contributed by atoms with van der Waals surface area (Å²) in [6.45, 7) is -0.498. The summed E-state index contributed by atoms with van der Waals surface area (Å²) in [5.74, 6) is -5.95. The zero-order valence-electron chi connectivity index (χ0n) is 12.9. The largest absolute Gasteiger partial charge is 0.342 e. The fourth-order valence-corrected chi connectivity index (χ4v) is 3.65. The van der Waals surface area contributed by atoms with Crippen molar-refractivity contribution < 1.29 is 22.8 Å². The number of hydrogen-bond acceptors (Lipinski definition) is 3. The second-order valence-corrected chi connectivity index (χ2v) is 6.63. The minimum absolute atomic E-state index is 0.236. The van der Waals surface area contributed by atoms with Crippen LogP contribution in [-0.4, -0.2) is 18.4 Å². The molecule has 134 valence electrons. The van der Waals surface area contributed by atoms with Crippen LogP contribution in [0.3, 0.4) is 0 Å². The number of hydrogen-bond donors (Lipinski definition) is 2. The van der Waals surface area contributed by atoms with Crippen molar-refractivity contribution in [1.82, 2.24) is 5.32 Å². The summed E-state index contributed by atoms with van der Waals surface area (Å²) in [7, 11) is 0. The molecule has 9 heteroatoms. The zero-order chi connectivity index (χ0) is 18.8. The first-order chi connectivity index (χ1) is 12.4. The van der Waals surface area contributed by atoms with Gasteiger partial charge in [0.15, 0.2) is 17.5 Å². The summed E-state index contributed by atoms with van der Waals surface area (Å²) in [4.78, 5) is 24.3. The van der Waals surface area contributed by atoms with Gasteiger partial charge in [0.1, 0.15) is 4.88 Å². The SMILES string of the molecule is O=C(CNC(=O)c1sc2ccccc2c1Cl)Nc1ccc(F)c(F)c1F. The molecule has 3 aromatic rings. The van der Waals surface area contributed by atoms with Crippen LogP contribution in [0.5, 0.6) is 0 Å². The molecule has 0 fully saturated rings. The van der Waals surface area contributed by atoms with E-state index in [4.69, 9.17) is 11.6 Å². The predicted octanol–water partition coefficient (Wildman–Crippen LogP) is 4.34. The molecule has 0 aliphatic carbocycles. The number of thiophene rings is 1. The third kappa shape index (κ3) is 3.51. The van der Waals surface area contributed by atoms with Crippen molar-refractivity contribution in [3.63, 3.8) is 0 Å². The van der Waals surface area contributed by atoms with Gasteiger partial charge in [0.05, 0.1) is 17.3 Å². The maximum absolute atomic E-state index is 13.5. The van der Waals surface area contributed by atoms with Gasteiger partial charge in [-0.2, -0.15) is 0 Å². The number of anilines is 1. The molecule has 0 saturated carbocycles. The fraction of sp³-hybridized carbons (Fsp3) is 0.0588. The van der Waals surface area contributed by atoms with Crippen LogP contribution in [0.4, 0.5) is 18.9 Å². The normalized spacial score (nSPS) is 10.8. The van der Waals surface area contributed by atoms with Gasteiger partial charge < -0.3 is 10.6 Å². The first-order valence-corrected chi connectivity index (χ1v) is 8.46. The molecule has 0 aliphatic rings. The molecular formula is C17H10ClF3N2O2S. The summed E-state index contributed by atoms with van der Waals surface area (Å²) in [6.07, 6.45) is 0. The van der Waals surface area contributed by atoms with E-state index in [9.17, 15) is 22.8 Å². The molecule has 0 aliphatic heterocycles. The molecule has 0 unspecified atom stereocenters. The van der Waals surface area contributed by atoms with Crippen LogP contribution < -0.4 is 10.6 Å². The van der Waals surface area contributed by atoms with Gasteiger partial charge in [-0.15, -0.1) is 11.3 Å². The Morgan fingerprint density at radius 1 is 1.04 bits per heavy atom. The van der Waals surface area contributed by atoms with E-state index in [1.54, 1.807) is 24.3 Å². The molecule has 0 bridgehead atoms. The van der Waals surface area contributed by atoms with E-state index in [1.807, 2.05) is 0 Å². The molecule has 1 aromatic heterocycles. The molecule has 3 rings (SSSR count). The van der Waals surface area contributed by atoms with Crippen molar-refractivity contribution >= 4 is 50.5 Å². The van der Waals surface area contributed by atoms with Gasteiger partial charge in [0, 0.05) is 10.1 Å². The molecule has 2 aromatic carbocycles. The summed E-state index contributed by atoms with van der Waals surface area (Å²) < 4.78 is 40.3. The Morgan fingerprint density at radius 2 is 1.77 bits per heavy atom. The topological polar surface area (TPSA) is 58.2 Å². The molecule has 0 saturated heterocycles. The van der Waals surface area contributed by atoms with Crippen molar-refractivity contribution in [2.45, 2.75) is 0 Å². The predicted molar refractivity (Wildman–Crippen MR) is 94.1 cm³/mol. The summed E-state index contributed by atoms with van der Waals surface area (Å²) in [5, 5.41) is 5.41. The van der Waals surface area contributed by atoms with E-state index in [0.717, 1.165) is 16.2 Å². The van der Waals surface area contributed by atoms with Crippen molar-refractivity contribution in [2.75, 3.05) is 11.9 Å². The highest BCUT2D eigenvalue weighted by molar-refractivity contribution is 7.21. The Balaban J connectivity index is 1.66. The van der Waals surface area contributed by atoms with Gasteiger partial charge in [0.25, 0.3) is 5.91 Å². The number of carbonyl (C=O) groups excluding carboxylic acids is 2. The maximum atomic E-state index is 13.5. The molecule has 1 heterocycles. The lowest BCUT2D eigenvalue weighted by molar-refractivity contribution is -0.115.